The summed E-state index contributed by atoms with van der Waals surface area (Å²) in [6, 6.07) is 11.4. The van der Waals surface area contributed by atoms with Crippen molar-refractivity contribution in [3.05, 3.63) is 35.9 Å². The molecule has 2 rings (SSSR count). The van der Waals surface area contributed by atoms with E-state index in [1.54, 1.807) is 0 Å². The Morgan fingerprint density at radius 1 is 1.21 bits per heavy atom. The molecule has 0 saturated heterocycles. The Balaban J connectivity index is 1.77. The summed E-state index contributed by atoms with van der Waals surface area (Å²) in [6.45, 7) is 0.726. The van der Waals surface area contributed by atoms with Gasteiger partial charge in [0, 0.05) is 6.04 Å². The van der Waals surface area contributed by atoms with E-state index in [2.05, 4.69) is 49.3 Å². The summed E-state index contributed by atoms with van der Waals surface area (Å²) in [7, 11) is 4.41. The smallest absolute Gasteiger partial charge is 0.243 e. The molecule has 2 N–H and O–H groups in total. The second-order valence-corrected chi connectivity index (χ2v) is 7.32. The lowest BCUT2D eigenvalue weighted by atomic mass is 9.77. The van der Waals surface area contributed by atoms with Crippen LogP contribution in [0, 0.1) is 11.8 Å². The first-order valence-corrected chi connectivity index (χ1v) is 9.12. The van der Waals surface area contributed by atoms with E-state index in [4.69, 9.17) is 10.5 Å². The van der Waals surface area contributed by atoms with Gasteiger partial charge in [-0.05, 0) is 70.0 Å². The molecule has 4 heteroatoms. The Morgan fingerprint density at radius 2 is 1.88 bits per heavy atom. The van der Waals surface area contributed by atoms with Crippen LogP contribution in [0.2, 0.25) is 0 Å². The summed E-state index contributed by atoms with van der Waals surface area (Å²) in [5.41, 5.74) is 6.54. The van der Waals surface area contributed by atoms with Crippen molar-refractivity contribution in [2.75, 3.05) is 27.3 Å². The van der Waals surface area contributed by atoms with Crippen LogP contribution in [0.3, 0.4) is 0 Å². The molecule has 1 aromatic carbocycles. The highest BCUT2D eigenvalue weighted by atomic mass is 16.5. The third-order valence-corrected chi connectivity index (χ3v) is 5.27. The summed E-state index contributed by atoms with van der Waals surface area (Å²) in [6.07, 6.45) is 7.25. The van der Waals surface area contributed by atoms with Gasteiger partial charge in [-0.15, -0.1) is 0 Å². The van der Waals surface area contributed by atoms with Crippen molar-refractivity contribution in [1.29, 1.82) is 0 Å². The zero-order valence-electron chi connectivity index (χ0n) is 15.1. The van der Waals surface area contributed by atoms with Gasteiger partial charge in [0.25, 0.3) is 0 Å². The maximum atomic E-state index is 10.7. The molecule has 0 aromatic heterocycles. The van der Waals surface area contributed by atoms with Crippen molar-refractivity contribution >= 4 is 5.91 Å². The Bertz CT molecular complexity index is 482. The van der Waals surface area contributed by atoms with Crippen molar-refractivity contribution in [2.45, 2.75) is 44.6 Å². The number of nitrogens with zero attached hydrogens (tertiary/aromatic N) is 1. The summed E-state index contributed by atoms with van der Waals surface area (Å²) in [4.78, 5) is 13.1. The quantitative estimate of drug-likeness (QED) is 0.756. The zero-order chi connectivity index (χ0) is 17.4. The highest BCUT2D eigenvalue weighted by Gasteiger charge is 2.28. The molecule has 134 valence electrons. The van der Waals surface area contributed by atoms with E-state index in [-0.39, 0.29) is 12.5 Å². The molecule has 4 nitrogen and oxygen atoms in total. The lowest BCUT2D eigenvalue weighted by molar-refractivity contribution is -0.123. The molecule has 1 atom stereocenters. The maximum absolute atomic E-state index is 10.7. The number of carbonyl (C=O) groups excluding carboxylic acids is 1. The third kappa shape index (κ3) is 6.25. The number of aryl methyl sites for hydroxylation is 1. The van der Waals surface area contributed by atoms with E-state index in [0.29, 0.717) is 18.6 Å². The van der Waals surface area contributed by atoms with Crippen LogP contribution in [0.4, 0.5) is 0 Å². The molecule has 0 aliphatic heterocycles. The Kier molecular flexibility index (Phi) is 7.73. The number of amides is 1. The van der Waals surface area contributed by atoms with Crippen LogP contribution in [0.25, 0.3) is 0 Å². The molecule has 1 aliphatic rings. The number of hydrogen-bond acceptors (Lipinski definition) is 3. The van der Waals surface area contributed by atoms with Gasteiger partial charge in [-0.1, -0.05) is 30.3 Å². The van der Waals surface area contributed by atoms with E-state index in [1.807, 2.05) is 0 Å². The molecular weight excluding hydrogens is 300 g/mol. The zero-order valence-corrected chi connectivity index (χ0v) is 15.1. The number of primary amides is 1. The van der Waals surface area contributed by atoms with Gasteiger partial charge in [-0.25, -0.2) is 0 Å². The molecule has 1 aliphatic carbocycles. The fourth-order valence-electron chi connectivity index (χ4n) is 3.94. The van der Waals surface area contributed by atoms with E-state index in [9.17, 15) is 4.79 Å². The minimum absolute atomic E-state index is 0.0529. The molecule has 0 heterocycles. The molecular formula is C20H32N2O2. The van der Waals surface area contributed by atoms with Gasteiger partial charge in [-0.2, -0.15) is 0 Å². The molecule has 0 spiro atoms. The lowest BCUT2D eigenvalue weighted by Crippen LogP contribution is -2.38. The second-order valence-electron chi connectivity index (χ2n) is 7.32. The first kappa shape index (κ1) is 18.9. The van der Waals surface area contributed by atoms with E-state index in [1.165, 1.54) is 37.7 Å². The summed E-state index contributed by atoms with van der Waals surface area (Å²) >= 11 is 0. The number of ether oxygens (including phenoxy) is 1. The van der Waals surface area contributed by atoms with E-state index >= 15 is 0 Å². The maximum Gasteiger partial charge on any atom is 0.243 e. The molecule has 1 saturated carbocycles. The number of rotatable bonds is 9. The molecule has 1 fully saturated rings. The SMILES string of the molecule is CN(C)C(CCc1ccccc1)C1CCC(COCC(N)=O)CC1. The Hall–Kier alpha value is -1.39. The van der Waals surface area contributed by atoms with Crippen molar-refractivity contribution in [2.24, 2.45) is 17.6 Å². The standard InChI is InChI=1S/C20H32N2O2/c1-22(2)19(13-10-16-6-4-3-5-7-16)18-11-8-17(9-12-18)14-24-15-20(21)23/h3-7,17-19H,8-15H2,1-2H3,(H2,21,23). The molecule has 1 unspecified atom stereocenters. The second kappa shape index (κ2) is 9.80. The minimum Gasteiger partial charge on any atom is -0.371 e. The van der Waals surface area contributed by atoms with Gasteiger partial charge < -0.3 is 15.4 Å². The number of nitrogens with two attached hydrogens (primary N) is 1. The Morgan fingerprint density at radius 3 is 2.46 bits per heavy atom. The van der Waals surface area contributed by atoms with Gasteiger partial charge in [0.2, 0.25) is 5.91 Å². The third-order valence-electron chi connectivity index (χ3n) is 5.27. The number of hydrogen-bond donors (Lipinski definition) is 1. The first-order chi connectivity index (χ1) is 11.6. The molecule has 0 radical (unpaired) electrons. The predicted molar refractivity (Wildman–Crippen MR) is 97.7 cm³/mol. The molecule has 1 aromatic rings. The highest BCUT2D eigenvalue weighted by molar-refractivity contribution is 5.74. The fraction of sp³-hybridized carbons (Fsp3) is 0.650. The summed E-state index contributed by atoms with van der Waals surface area (Å²) in [5.74, 6) is 0.964. The molecule has 0 bridgehead atoms. The van der Waals surface area contributed by atoms with Crippen LogP contribution in [-0.4, -0.2) is 44.2 Å². The minimum atomic E-state index is -0.378. The molecule has 1 amide bonds. The van der Waals surface area contributed by atoms with Crippen molar-refractivity contribution < 1.29 is 9.53 Å². The van der Waals surface area contributed by atoms with Crippen LogP contribution in [0.15, 0.2) is 30.3 Å². The number of benzene rings is 1. The van der Waals surface area contributed by atoms with Gasteiger partial charge in [0.15, 0.2) is 0 Å². The highest BCUT2D eigenvalue weighted by Crippen LogP contribution is 2.33. The van der Waals surface area contributed by atoms with Gasteiger partial charge in [0.05, 0.1) is 6.61 Å². The van der Waals surface area contributed by atoms with Crippen LogP contribution in [-0.2, 0) is 16.0 Å². The van der Waals surface area contributed by atoms with Crippen molar-refractivity contribution in [1.82, 2.24) is 4.90 Å². The monoisotopic (exact) mass is 332 g/mol. The Labute approximate surface area is 146 Å². The van der Waals surface area contributed by atoms with Crippen molar-refractivity contribution in [3.8, 4) is 0 Å². The summed E-state index contributed by atoms with van der Waals surface area (Å²) in [5, 5.41) is 0. The normalized spacial score (nSPS) is 22.5. The number of carbonyl (C=O) groups is 1. The fourth-order valence-corrected chi connectivity index (χ4v) is 3.94. The first-order valence-electron chi connectivity index (χ1n) is 9.12. The van der Waals surface area contributed by atoms with Gasteiger partial charge in [0.1, 0.15) is 6.61 Å². The van der Waals surface area contributed by atoms with Crippen LogP contribution in [0.1, 0.15) is 37.7 Å². The summed E-state index contributed by atoms with van der Waals surface area (Å²) < 4.78 is 5.40. The van der Waals surface area contributed by atoms with Crippen LogP contribution >= 0.6 is 0 Å². The topological polar surface area (TPSA) is 55.6 Å². The van der Waals surface area contributed by atoms with Gasteiger partial charge in [-0.3, -0.25) is 4.79 Å². The lowest BCUT2D eigenvalue weighted by Gasteiger charge is -2.37. The van der Waals surface area contributed by atoms with Crippen LogP contribution in [0.5, 0.6) is 0 Å². The van der Waals surface area contributed by atoms with E-state index in [0.717, 1.165) is 12.3 Å². The van der Waals surface area contributed by atoms with Crippen LogP contribution < -0.4 is 5.73 Å². The van der Waals surface area contributed by atoms with Crippen molar-refractivity contribution in [3.63, 3.8) is 0 Å². The average molecular weight is 332 g/mol. The van der Waals surface area contributed by atoms with E-state index < -0.39 is 0 Å². The largest absolute Gasteiger partial charge is 0.371 e. The van der Waals surface area contributed by atoms with Gasteiger partial charge >= 0.3 is 0 Å². The predicted octanol–water partition coefficient (Wildman–Crippen LogP) is 2.86. The average Bonchev–Trinajstić information content (AvgIpc) is 2.57. The molecule has 24 heavy (non-hydrogen) atoms.